The molecule has 5 nitrogen and oxygen atoms in total. The van der Waals surface area contributed by atoms with Gasteiger partial charge in [0.25, 0.3) is 0 Å². The Balaban J connectivity index is 1.70. The molecule has 1 aromatic carbocycles. The Hall–Kier alpha value is -1.95. The molecule has 1 atom stereocenters. The highest BCUT2D eigenvalue weighted by Crippen LogP contribution is 2.33. The number of halogens is 1. The largest absolute Gasteiger partial charge is 0.370 e. The van der Waals surface area contributed by atoms with Crippen LogP contribution in [0.2, 0.25) is 0 Å². The predicted molar refractivity (Wildman–Crippen MR) is 85.4 cm³/mol. The monoisotopic (exact) mass is 343 g/mol. The van der Waals surface area contributed by atoms with Crippen LogP contribution in [0.3, 0.4) is 0 Å². The smallest absolute Gasteiger partial charge is 0.137 e. The molecule has 1 aliphatic rings. The normalized spacial score (nSPS) is 18.5. The van der Waals surface area contributed by atoms with Crippen molar-refractivity contribution in [2.45, 2.75) is 12.3 Å². The lowest BCUT2D eigenvalue weighted by Crippen LogP contribution is -2.19. The van der Waals surface area contributed by atoms with Gasteiger partial charge >= 0.3 is 0 Å². The van der Waals surface area contributed by atoms with Crippen LogP contribution in [-0.2, 0) is 0 Å². The number of fused-ring (bicyclic) bond motifs is 1. The van der Waals surface area contributed by atoms with Crippen molar-refractivity contribution < 1.29 is 0 Å². The summed E-state index contributed by atoms with van der Waals surface area (Å²) in [6.07, 6.45) is 4.55. The predicted octanol–water partition coefficient (Wildman–Crippen LogP) is 3.11. The Morgan fingerprint density at radius 1 is 1.24 bits per heavy atom. The highest BCUT2D eigenvalue weighted by Gasteiger charge is 2.27. The molecule has 2 aromatic heterocycles. The lowest BCUT2D eigenvalue weighted by molar-refractivity contribution is 0.714. The number of aromatic nitrogens is 4. The van der Waals surface area contributed by atoms with E-state index in [4.69, 9.17) is 0 Å². The number of anilines is 1. The van der Waals surface area contributed by atoms with E-state index in [9.17, 15) is 0 Å². The summed E-state index contributed by atoms with van der Waals surface area (Å²) in [6, 6.07) is 8.31. The maximum Gasteiger partial charge on any atom is 0.137 e. The molecule has 106 valence electrons. The second-order valence-corrected chi connectivity index (χ2v) is 6.21. The first-order valence-corrected chi connectivity index (χ1v) is 7.75. The number of nitrogens with one attached hydrogen (secondary N) is 1. The van der Waals surface area contributed by atoms with Gasteiger partial charge in [-0.2, -0.15) is 5.10 Å². The van der Waals surface area contributed by atoms with Crippen LogP contribution in [-0.4, -0.2) is 33.3 Å². The number of nitrogens with zero attached hydrogens (tertiary/aromatic N) is 4. The highest BCUT2D eigenvalue weighted by atomic mass is 79.9. The summed E-state index contributed by atoms with van der Waals surface area (Å²) in [7, 11) is 0. The van der Waals surface area contributed by atoms with Crippen LogP contribution in [0.4, 0.5) is 5.69 Å². The van der Waals surface area contributed by atoms with Crippen molar-refractivity contribution in [3.63, 3.8) is 0 Å². The Kier molecular flexibility index (Phi) is 3.11. The van der Waals surface area contributed by atoms with E-state index in [1.54, 1.807) is 6.33 Å². The molecule has 0 spiro atoms. The third kappa shape index (κ3) is 2.29. The third-order valence-corrected chi connectivity index (χ3v) is 4.52. The van der Waals surface area contributed by atoms with Gasteiger partial charge in [-0.15, -0.1) is 0 Å². The van der Waals surface area contributed by atoms with Crippen molar-refractivity contribution in [3.8, 4) is 0 Å². The van der Waals surface area contributed by atoms with Crippen molar-refractivity contribution >= 4 is 32.5 Å². The summed E-state index contributed by atoms with van der Waals surface area (Å²) in [5.74, 6) is 1.40. The van der Waals surface area contributed by atoms with Crippen LogP contribution in [0, 0.1) is 0 Å². The zero-order valence-corrected chi connectivity index (χ0v) is 12.9. The van der Waals surface area contributed by atoms with E-state index in [2.05, 4.69) is 53.1 Å². The maximum atomic E-state index is 4.45. The molecule has 0 amide bonds. The van der Waals surface area contributed by atoms with Gasteiger partial charge in [-0.05, 0) is 30.7 Å². The Morgan fingerprint density at radius 3 is 3.05 bits per heavy atom. The van der Waals surface area contributed by atoms with Gasteiger partial charge in [-0.3, -0.25) is 10.1 Å². The van der Waals surface area contributed by atoms with Crippen molar-refractivity contribution in [2.75, 3.05) is 18.0 Å². The number of pyridine rings is 1. The summed E-state index contributed by atoms with van der Waals surface area (Å²) in [5, 5.41) is 8.13. The van der Waals surface area contributed by atoms with E-state index >= 15 is 0 Å². The van der Waals surface area contributed by atoms with Crippen LogP contribution in [0.15, 0.2) is 41.3 Å². The Labute approximate surface area is 130 Å². The zero-order chi connectivity index (χ0) is 14.2. The molecule has 0 bridgehead atoms. The SMILES string of the molecule is Brc1ccc2nccc(N3CCC(c4ncn[nH]4)C3)c2c1. The van der Waals surface area contributed by atoms with Gasteiger partial charge in [-0.25, -0.2) is 4.98 Å². The van der Waals surface area contributed by atoms with Gasteiger partial charge in [0, 0.05) is 40.8 Å². The van der Waals surface area contributed by atoms with Crippen LogP contribution < -0.4 is 4.90 Å². The number of hydrogen-bond donors (Lipinski definition) is 1. The lowest BCUT2D eigenvalue weighted by atomic mass is 10.1. The van der Waals surface area contributed by atoms with Gasteiger partial charge in [0.1, 0.15) is 12.2 Å². The number of benzene rings is 1. The third-order valence-electron chi connectivity index (χ3n) is 4.03. The van der Waals surface area contributed by atoms with Gasteiger partial charge in [-0.1, -0.05) is 15.9 Å². The first-order valence-electron chi connectivity index (χ1n) is 6.96. The summed E-state index contributed by atoms with van der Waals surface area (Å²) < 4.78 is 1.08. The Morgan fingerprint density at radius 2 is 2.19 bits per heavy atom. The maximum absolute atomic E-state index is 4.45. The second-order valence-electron chi connectivity index (χ2n) is 5.29. The van der Waals surface area contributed by atoms with Crippen LogP contribution >= 0.6 is 15.9 Å². The minimum Gasteiger partial charge on any atom is -0.370 e. The van der Waals surface area contributed by atoms with Crippen molar-refractivity contribution in [3.05, 3.63) is 47.1 Å². The number of H-pyrrole nitrogens is 1. The molecule has 1 N–H and O–H groups in total. The summed E-state index contributed by atoms with van der Waals surface area (Å²) in [5.41, 5.74) is 2.27. The number of rotatable bonds is 2. The molecule has 1 saturated heterocycles. The van der Waals surface area contributed by atoms with Gasteiger partial charge < -0.3 is 4.90 Å². The van der Waals surface area contributed by atoms with Crippen LogP contribution in [0.5, 0.6) is 0 Å². The van der Waals surface area contributed by atoms with Gasteiger partial charge in [0.15, 0.2) is 0 Å². The van der Waals surface area contributed by atoms with Crippen LogP contribution in [0.1, 0.15) is 18.2 Å². The van der Waals surface area contributed by atoms with E-state index in [0.29, 0.717) is 5.92 Å². The fraction of sp³-hybridized carbons (Fsp3) is 0.267. The van der Waals surface area contributed by atoms with E-state index in [1.807, 2.05) is 18.3 Å². The molecule has 0 saturated carbocycles. The van der Waals surface area contributed by atoms with Gasteiger partial charge in [0.05, 0.1) is 5.52 Å². The summed E-state index contributed by atoms with van der Waals surface area (Å²) in [4.78, 5) is 11.1. The van der Waals surface area contributed by atoms with E-state index in [-0.39, 0.29) is 0 Å². The first-order chi connectivity index (χ1) is 10.3. The van der Waals surface area contributed by atoms with E-state index in [1.165, 1.54) is 11.1 Å². The average molecular weight is 344 g/mol. The number of aromatic amines is 1. The van der Waals surface area contributed by atoms with Crippen molar-refractivity contribution in [2.24, 2.45) is 0 Å². The topological polar surface area (TPSA) is 57.7 Å². The molecule has 21 heavy (non-hydrogen) atoms. The van der Waals surface area contributed by atoms with E-state index < -0.39 is 0 Å². The van der Waals surface area contributed by atoms with E-state index in [0.717, 1.165) is 35.3 Å². The second kappa shape index (κ2) is 5.11. The minimum atomic E-state index is 0.419. The molecule has 3 aromatic rings. The molecule has 1 aliphatic heterocycles. The van der Waals surface area contributed by atoms with Crippen LogP contribution in [0.25, 0.3) is 10.9 Å². The molecular formula is C15H14BrN5. The molecule has 1 fully saturated rings. The van der Waals surface area contributed by atoms with Crippen molar-refractivity contribution in [1.29, 1.82) is 0 Å². The first kappa shape index (κ1) is 12.8. The fourth-order valence-corrected chi connectivity index (χ4v) is 3.35. The molecule has 3 heterocycles. The zero-order valence-electron chi connectivity index (χ0n) is 11.3. The average Bonchev–Trinajstić information content (AvgIpc) is 3.17. The quantitative estimate of drug-likeness (QED) is 0.776. The lowest BCUT2D eigenvalue weighted by Gasteiger charge is -2.20. The molecule has 0 radical (unpaired) electrons. The highest BCUT2D eigenvalue weighted by molar-refractivity contribution is 9.10. The summed E-state index contributed by atoms with van der Waals surface area (Å²) >= 11 is 3.55. The molecule has 4 rings (SSSR count). The molecular weight excluding hydrogens is 330 g/mol. The number of hydrogen-bond acceptors (Lipinski definition) is 4. The standard InChI is InChI=1S/C15H14BrN5/c16-11-1-2-13-12(7-11)14(3-5-17-13)21-6-4-10(8-21)15-18-9-19-20-15/h1-3,5,7,9-10H,4,6,8H2,(H,18,19,20). The summed E-state index contributed by atoms with van der Waals surface area (Å²) in [6.45, 7) is 1.98. The molecule has 0 aliphatic carbocycles. The molecule has 1 unspecified atom stereocenters. The van der Waals surface area contributed by atoms with Gasteiger partial charge in [0.2, 0.25) is 0 Å². The Bertz CT molecular complexity index is 771. The van der Waals surface area contributed by atoms with Crippen molar-refractivity contribution in [1.82, 2.24) is 20.2 Å². The minimum absolute atomic E-state index is 0.419. The molecule has 6 heteroatoms. The fourth-order valence-electron chi connectivity index (χ4n) is 2.99.